The van der Waals surface area contributed by atoms with Crippen molar-refractivity contribution in [3.05, 3.63) is 45.6 Å². The molecule has 250 valence electrons. The number of piperidine rings is 1. The first-order chi connectivity index (χ1) is 22.2. The van der Waals surface area contributed by atoms with Crippen molar-refractivity contribution in [3.63, 3.8) is 0 Å². The van der Waals surface area contributed by atoms with Gasteiger partial charge in [-0.15, -0.1) is 0 Å². The molecule has 0 radical (unpaired) electrons. The molecule has 0 unspecified atom stereocenters. The minimum absolute atomic E-state index is 0.164. The van der Waals surface area contributed by atoms with E-state index in [0.29, 0.717) is 68.3 Å². The summed E-state index contributed by atoms with van der Waals surface area (Å²) in [7, 11) is 4.73. The number of amides is 2. The quantitative estimate of drug-likeness (QED) is 0.295. The number of nitrogens with zero attached hydrogens (tertiary/aromatic N) is 1. The number of rotatable bonds is 11. The molecular formula is C36H49N3O7. The van der Waals surface area contributed by atoms with E-state index in [9.17, 15) is 19.5 Å². The molecule has 3 atom stereocenters. The van der Waals surface area contributed by atoms with Gasteiger partial charge in [-0.05, 0) is 79.8 Å². The van der Waals surface area contributed by atoms with Crippen molar-refractivity contribution < 1.29 is 28.9 Å². The Bertz CT molecular complexity index is 1500. The number of methoxy groups -OCH3 is 3. The zero-order valence-corrected chi connectivity index (χ0v) is 27.7. The molecule has 3 aliphatic rings. The Balaban J connectivity index is 1.26. The molecule has 1 saturated heterocycles. The highest BCUT2D eigenvalue weighted by molar-refractivity contribution is 5.83. The van der Waals surface area contributed by atoms with E-state index in [-0.39, 0.29) is 29.2 Å². The third kappa shape index (κ3) is 7.12. The van der Waals surface area contributed by atoms with Crippen molar-refractivity contribution in [2.24, 2.45) is 5.92 Å². The average molecular weight is 636 g/mol. The van der Waals surface area contributed by atoms with Crippen LogP contribution < -0.4 is 30.3 Å². The lowest BCUT2D eigenvalue weighted by molar-refractivity contribution is -0.143. The van der Waals surface area contributed by atoms with E-state index < -0.39 is 5.60 Å². The van der Waals surface area contributed by atoms with Crippen LogP contribution in [-0.2, 0) is 16.0 Å². The number of aryl methyl sites for hydroxylation is 1. The van der Waals surface area contributed by atoms with Gasteiger partial charge in [-0.1, -0.05) is 25.3 Å². The van der Waals surface area contributed by atoms with Crippen molar-refractivity contribution >= 4 is 17.5 Å². The highest BCUT2D eigenvalue weighted by Crippen LogP contribution is 2.50. The summed E-state index contributed by atoms with van der Waals surface area (Å²) < 4.78 is 17.1. The first kappa shape index (κ1) is 33.6. The van der Waals surface area contributed by atoms with E-state index in [1.165, 1.54) is 6.92 Å². The van der Waals surface area contributed by atoms with Gasteiger partial charge >= 0.3 is 0 Å². The molecule has 2 aliphatic carbocycles. The molecule has 1 heterocycles. The zero-order chi connectivity index (χ0) is 32.8. The summed E-state index contributed by atoms with van der Waals surface area (Å²) in [5.74, 6) is 1.75. The Hall–Kier alpha value is -3.79. The van der Waals surface area contributed by atoms with E-state index in [4.69, 9.17) is 14.2 Å². The molecule has 10 heteroatoms. The van der Waals surface area contributed by atoms with Gasteiger partial charge in [-0.2, -0.15) is 0 Å². The number of benzene rings is 1. The van der Waals surface area contributed by atoms with Crippen molar-refractivity contribution in [1.29, 1.82) is 0 Å². The van der Waals surface area contributed by atoms with E-state index in [0.717, 1.165) is 67.2 Å². The molecule has 5 rings (SSSR count). The number of unbranched alkanes of at least 4 members (excludes halogenated alkanes) is 2. The second-order valence-electron chi connectivity index (χ2n) is 13.0. The highest BCUT2D eigenvalue weighted by atomic mass is 16.5. The average Bonchev–Trinajstić information content (AvgIpc) is 3.29. The van der Waals surface area contributed by atoms with Gasteiger partial charge in [0, 0.05) is 44.5 Å². The number of aliphatic hydroxyl groups is 1. The fraction of sp³-hybridized carbons (Fsp3) is 0.583. The molecule has 2 aromatic carbocycles. The maximum Gasteiger partial charge on any atom is 0.222 e. The fourth-order valence-corrected chi connectivity index (χ4v) is 7.61. The van der Waals surface area contributed by atoms with Gasteiger partial charge in [-0.25, -0.2) is 0 Å². The smallest absolute Gasteiger partial charge is 0.222 e. The SMILES string of the molecule is COc1cc2c(c(OC)c1OC)-c1ccc(NCCCCCC(=O)N3CC[C@@]4(O)CCCC[C@H]4C3)c(=O)cc1[C@@H](NC(C)=O)CC2. The Morgan fingerprint density at radius 3 is 2.54 bits per heavy atom. The fourth-order valence-electron chi connectivity index (χ4n) is 7.61. The van der Waals surface area contributed by atoms with Gasteiger partial charge in [0.15, 0.2) is 11.5 Å². The monoisotopic (exact) mass is 635 g/mol. The number of fused-ring (bicyclic) bond motifs is 4. The zero-order valence-electron chi connectivity index (χ0n) is 27.7. The lowest BCUT2D eigenvalue weighted by Crippen LogP contribution is -2.54. The molecule has 0 spiro atoms. The van der Waals surface area contributed by atoms with Crippen molar-refractivity contribution in [2.45, 2.75) is 89.2 Å². The predicted octanol–water partition coefficient (Wildman–Crippen LogP) is 4.99. The van der Waals surface area contributed by atoms with E-state index in [1.54, 1.807) is 33.5 Å². The van der Waals surface area contributed by atoms with Crippen LogP contribution in [0.2, 0.25) is 0 Å². The lowest BCUT2D eigenvalue weighted by atomic mass is 9.71. The van der Waals surface area contributed by atoms with Crippen LogP contribution in [0.15, 0.2) is 29.1 Å². The Kier molecular flexibility index (Phi) is 10.8. The third-order valence-corrected chi connectivity index (χ3v) is 10.1. The second kappa shape index (κ2) is 14.8. The molecule has 2 aromatic rings. The number of ether oxygens (including phenoxy) is 3. The summed E-state index contributed by atoms with van der Waals surface area (Å²) in [5.41, 5.74) is 3.04. The number of hydrogen-bond acceptors (Lipinski definition) is 8. The second-order valence-corrected chi connectivity index (χ2v) is 13.0. The summed E-state index contributed by atoms with van der Waals surface area (Å²) in [6.45, 7) is 3.40. The van der Waals surface area contributed by atoms with Crippen molar-refractivity contribution in [2.75, 3.05) is 46.3 Å². The molecule has 46 heavy (non-hydrogen) atoms. The number of nitrogens with one attached hydrogen (secondary N) is 2. The largest absolute Gasteiger partial charge is 0.493 e. The van der Waals surface area contributed by atoms with Crippen LogP contribution in [0, 0.1) is 5.92 Å². The minimum atomic E-state index is -0.575. The van der Waals surface area contributed by atoms with Gasteiger partial charge in [0.1, 0.15) is 0 Å². The Labute approximate surface area is 271 Å². The maximum atomic E-state index is 13.5. The summed E-state index contributed by atoms with van der Waals surface area (Å²) in [6, 6.07) is 6.90. The Morgan fingerprint density at radius 2 is 1.80 bits per heavy atom. The van der Waals surface area contributed by atoms with Crippen molar-refractivity contribution in [3.8, 4) is 28.4 Å². The van der Waals surface area contributed by atoms with Crippen LogP contribution in [0.25, 0.3) is 11.1 Å². The van der Waals surface area contributed by atoms with Gasteiger partial charge in [-0.3, -0.25) is 14.4 Å². The van der Waals surface area contributed by atoms with Crippen LogP contribution in [0.5, 0.6) is 17.2 Å². The standard InChI is InChI=1S/C36H49N3O7/c1-23(40)38-28-14-12-24-20-31(44-2)34(45-3)35(46-4)33(24)26-13-15-29(30(41)21-27(26)28)37-18-9-5-6-11-32(42)39-19-17-36(43)16-8-7-10-25(36)22-39/h13,15,20-21,25,28,43H,5-12,14,16-19,22H2,1-4H3,(H,37,41)(H,38,40)/t25-,28-,36-/m0/s1. The Morgan fingerprint density at radius 1 is 1.00 bits per heavy atom. The van der Waals surface area contributed by atoms with Gasteiger partial charge in [0.25, 0.3) is 0 Å². The molecule has 0 bridgehead atoms. The molecule has 0 aromatic heterocycles. The van der Waals surface area contributed by atoms with Crippen LogP contribution in [0.4, 0.5) is 5.69 Å². The molecule has 1 aliphatic heterocycles. The van der Waals surface area contributed by atoms with Crippen LogP contribution in [0.1, 0.15) is 88.3 Å². The predicted molar refractivity (Wildman–Crippen MR) is 178 cm³/mol. The molecule has 1 saturated carbocycles. The molecule has 10 nitrogen and oxygen atoms in total. The molecule has 2 amide bonds. The maximum absolute atomic E-state index is 13.5. The summed E-state index contributed by atoms with van der Waals surface area (Å²) in [4.78, 5) is 40.6. The molecule has 3 N–H and O–H groups in total. The number of likely N-dealkylation sites (tertiary alicyclic amines) is 1. The van der Waals surface area contributed by atoms with Crippen LogP contribution >= 0.6 is 0 Å². The number of carbonyl (C=O) groups is 2. The van der Waals surface area contributed by atoms with E-state index in [2.05, 4.69) is 10.6 Å². The minimum Gasteiger partial charge on any atom is -0.493 e. The summed E-state index contributed by atoms with van der Waals surface area (Å²) in [5, 5.41) is 17.3. The normalized spacial score (nSPS) is 22.0. The first-order valence-electron chi connectivity index (χ1n) is 16.7. The topological polar surface area (TPSA) is 126 Å². The summed E-state index contributed by atoms with van der Waals surface area (Å²) in [6.07, 6.45) is 8.97. The van der Waals surface area contributed by atoms with Gasteiger partial charge in [0.2, 0.25) is 23.0 Å². The van der Waals surface area contributed by atoms with Gasteiger partial charge in [0.05, 0.1) is 38.7 Å². The van der Waals surface area contributed by atoms with Crippen LogP contribution in [0.3, 0.4) is 0 Å². The number of carbonyl (C=O) groups excluding carboxylic acids is 2. The van der Waals surface area contributed by atoms with E-state index >= 15 is 0 Å². The van der Waals surface area contributed by atoms with Crippen LogP contribution in [-0.4, -0.2) is 68.4 Å². The third-order valence-electron chi connectivity index (χ3n) is 10.1. The number of hydrogen-bond donors (Lipinski definition) is 3. The van der Waals surface area contributed by atoms with E-state index in [1.807, 2.05) is 17.0 Å². The highest BCUT2D eigenvalue weighted by Gasteiger charge is 2.43. The van der Waals surface area contributed by atoms with Crippen molar-refractivity contribution in [1.82, 2.24) is 10.2 Å². The first-order valence-corrected chi connectivity index (χ1v) is 16.7. The van der Waals surface area contributed by atoms with Gasteiger partial charge < -0.3 is 34.9 Å². The lowest BCUT2D eigenvalue weighted by Gasteiger charge is -2.47. The summed E-state index contributed by atoms with van der Waals surface area (Å²) >= 11 is 0. The molecule has 2 fully saturated rings. The number of anilines is 1. The molecular weight excluding hydrogens is 586 g/mol.